The molecule has 0 radical (unpaired) electrons. The van der Waals surface area contributed by atoms with E-state index >= 15 is 0 Å². The number of aliphatic imine (C=N–C) groups is 1. The van der Waals surface area contributed by atoms with E-state index in [0.717, 1.165) is 25.9 Å². The number of nitrogens with one attached hydrogen (secondary N) is 1. The predicted octanol–water partition coefficient (Wildman–Crippen LogP) is 0.890. The van der Waals surface area contributed by atoms with Crippen molar-refractivity contribution in [3.8, 4) is 0 Å². The van der Waals surface area contributed by atoms with E-state index in [1.807, 2.05) is 0 Å². The lowest BCUT2D eigenvalue weighted by Crippen LogP contribution is -2.32. The van der Waals surface area contributed by atoms with Gasteiger partial charge in [-0.2, -0.15) is 0 Å². The quantitative estimate of drug-likeness (QED) is 0.294. The molecule has 0 spiro atoms. The molecule has 0 aliphatic rings. The van der Waals surface area contributed by atoms with E-state index in [4.69, 9.17) is 5.73 Å². The molecule has 0 saturated heterocycles. The lowest BCUT2D eigenvalue weighted by atomic mass is 10.2. The van der Waals surface area contributed by atoms with Gasteiger partial charge in [0.1, 0.15) is 0 Å². The van der Waals surface area contributed by atoms with Crippen LogP contribution >= 0.6 is 0 Å². The van der Waals surface area contributed by atoms with Crippen LogP contribution in [0.5, 0.6) is 0 Å². The summed E-state index contributed by atoms with van der Waals surface area (Å²) < 4.78 is 4.54. The minimum atomic E-state index is -0.165. The molecule has 0 aromatic rings. The van der Waals surface area contributed by atoms with Gasteiger partial charge < -0.3 is 15.8 Å². The van der Waals surface area contributed by atoms with E-state index in [2.05, 4.69) is 28.9 Å². The molecule has 5 nitrogen and oxygen atoms in total. The zero-order valence-corrected chi connectivity index (χ0v) is 10.5. The van der Waals surface area contributed by atoms with E-state index in [1.54, 1.807) is 0 Å². The zero-order chi connectivity index (χ0) is 12.4. The Morgan fingerprint density at radius 3 is 2.69 bits per heavy atom. The number of hydrogen-bond acceptors (Lipinski definition) is 3. The van der Waals surface area contributed by atoms with Crippen molar-refractivity contribution in [2.45, 2.75) is 33.1 Å². The molecule has 94 valence electrons. The molecular weight excluding hydrogens is 206 g/mol. The topological polar surface area (TPSA) is 76.7 Å². The van der Waals surface area contributed by atoms with Crippen molar-refractivity contribution in [2.75, 3.05) is 20.2 Å². The van der Waals surface area contributed by atoms with E-state index in [9.17, 15) is 4.79 Å². The van der Waals surface area contributed by atoms with Gasteiger partial charge in [-0.1, -0.05) is 13.8 Å². The Morgan fingerprint density at radius 1 is 1.44 bits per heavy atom. The molecule has 0 fully saturated rings. The predicted molar refractivity (Wildman–Crippen MR) is 65.2 cm³/mol. The van der Waals surface area contributed by atoms with Crippen LogP contribution in [0.3, 0.4) is 0 Å². The van der Waals surface area contributed by atoms with E-state index in [1.165, 1.54) is 7.11 Å². The number of nitrogens with two attached hydrogens (primary N) is 1. The molecule has 16 heavy (non-hydrogen) atoms. The van der Waals surface area contributed by atoms with Crippen molar-refractivity contribution in [3.63, 3.8) is 0 Å². The zero-order valence-electron chi connectivity index (χ0n) is 10.5. The first-order chi connectivity index (χ1) is 7.56. The molecule has 0 amide bonds. The molecule has 0 aromatic carbocycles. The Morgan fingerprint density at radius 2 is 2.12 bits per heavy atom. The molecular formula is C11H23N3O2. The van der Waals surface area contributed by atoms with Crippen LogP contribution in [0.1, 0.15) is 33.1 Å². The van der Waals surface area contributed by atoms with Crippen LogP contribution in [0.2, 0.25) is 0 Å². The Kier molecular flexibility index (Phi) is 8.29. The Bertz CT molecular complexity index is 227. The van der Waals surface area contributed by atoms with E-state index in [-0.39, 0.29) is 5.97 Å². The van der Waals surface area contributed by atoms with Crippen molar-refractivity contribution in [3.05, 3.63) is 0 Å². The standard InChI is InChI=1S/C11H23N3O2/c1-9(2)8-14-11(12)13-7-5-4-6-10(15)16-3/h9H,4-8H2,1-3H3,(H3,12,13,14). The second-order valence-electron chi connectivity index (χ2n) is 4.08. The SMILES string of the molecule is COC(=O)CCCCNC(N)=NCC(C)C. The molecule has 0 aliphatic heterocycles. The second-order valence-corrected chi connectivity index (χ2v) is 4.08. The van der Waals surface area contributed by atoms with Gasteiger partial charge in [-0.3, -0.25) is 9.79 Å². The largest absolute Gasteiger partial charge is 0.469 e. The first-order valence-electron chi connectivity index (χ1n) is 5.67. The lowest BCUT2D eigenvalue weighted by Gasteiger charge is -2.06. The fourth-order valence-corrected chi connectivity index (χ4v) is 1.05. The van der Waals surface area contributed by atoms with Crippen molar-refractivity contribution < 1.29 is 9.53 Å². The number of guanidine groups is 1. The van der Waals surface area contributed by atoms with Gasteiger partial charge in [0.05, 0.1) is 7.11 Å². The maximum absolute atomic E-state index is 10.8. The lowest BCUT2D eigenvalue weighted by molar-refractivity contribution is -0.140. The van der Waals surface area contributed by atoms with Gasteiger partial charge in [-0.15, -0.1) is 0 Å². The van der Waals surface area contributed by atoms with Gasteiger partial charge in [0.25, 0.3) is 0 Å². The van der Waals surface area contributed by atoms with Gasteiger partial charge in [0, 0.05) is 19.5 Å². The average molecular weight is 229 g/mol. The maximum atomic E-state index is 10.8. The highest BCUT2D eigenvalue weighted by Crippen LogP contribution is 1.95. The number of carbonyl (C=O) groups is 1. The number of unbranched alkanes of at least 4 members (excludes halogenated alkanes) is 1. The number of carbonyl (C=O) groups excluding carboxylic acids is 1. The molecule has 5 heteroatoms. The van der Waals surface area contributed by atoms with Crippen LogP contribution in [0.4, 0.5) is 0 Å². The van der Waals surface area contributed by atoms with Gasteiger partial charge in [0.15, 0.2) is 5.96 Å². The highest BCUT2D eigenvalue weighted by molar-refractivity contribution is 5.77. The van der Waals surface area contributed by atoms with Crippen molar-refractivity contribution in [1.82, 2.24) is 5.32 Å². The van der Waals surface area contributed by atoms with Crippen molar-refractivity contribution >= 4 is 11.9 Å². The molecule has 3 N–H and O–H groups in total. The average Bonchev–Trinajstić information content (AvgIpc) is 2.25. The van der Waals surface area contributed by atoms with Crippen LogP contribution in [-0.2, 0) is 9.53 Å². The first kappa shape index (κ1) is 14.7. The summed E-state index contributed by atoms with van der Waals surface area (Å²) in [6.07, 6.45) is 2.14. The van der Waals surface area contributed by atoms with Gasteiger partial charge in [-0.25, -0.2) is 0 Å². The summed E-state index contributed by atoms with van der Waals surface area (Å²) in [7, 11) is 1.40. The maximum Gasteiger partial charge on any atom is 0.305 e. The number of methoxy groups -OCH3 is 1. The molecule has 0 rings (SSSR count). The number of esters is 1. The molecule has 0 aromatic heterocycles. The molecule has 0 unspecified atom stereocenters. The van der Waals surface area contributed by atoms with Gasteiger partial charge in [-0.05, 0) is 18.8 Å². The van der Waals surface area contributed by atoms with Crippen LogP contribution < -0.4 is 11.1 Å². The third kappa shape index (κ3) is 9.30. The molecule has 0 heterocycles. The van der Waals surface area contributed by atoms with Crippen LogP contribution in [0.15, 0.2) is 4.99 Å². The highest BCUT2D eigenvalue weighted by Gasteiger charge is 1.99. The van der Waals surface area contributed by atoms with E-state index < -0.39 is 0 Å². The summed E-state index contributed by atoms with van der Waals surface area (Å²) in [6.45, 7) is 5.66. The molecule has 0 bridgehead atoms. The summed E-state index contributed by atoms with van der Waals surface area (Å²) in [4.78, 5) is 15.0. The molecule has 0 saturated carbocycles. The molecule has 0 aliphatic carbocycles. The number of nitrogens with zero attached hydrogens (tertiary/aromatic N) is 1. The van der Waals surface area contributed by atoms with Crippen LogP contribution in [0.25, 0.3) is 0 Å². The first-order valence-corrected chi connectivity index (χ1v) is 5.67. The Balaban J connectivity index is 3.44. The highest BCUT2D eigenvalue weighted by atomic mass is 16.5. The van der Waals surface area contributed by atoms with Crippen LogP contribution in [0, 0.1) is 5.92 Å². The number of hydrogen-bond donors (Lipinski definition) is 2. The second kappa shape index (κ2) is 9.00. The summed E-state index contributed by atoms with van der Waals surface area (Å²) >= 11 is 0. The Labute approximate surface area is 97.4 Å². The smallest absolute Gasteiger partial charge is 0.305 e. The summed E-state index contributed by atoms with van der Waals surface area (Å²) in [5.74, 6) is 0.827. The van der Waals surface area contributed by atoms with Gasteiger partial charge in [0.2, 0.25) is 0 Å². The van der Waals surface area contributed by atoms with Crippen molar-refractivity contribution in [1.29, 1.82) is 0 Å². The van der Waals surface area contributed by atoms with E-state index in [0.29, 0.717) is 18.3 Å². The summed E-state index contributed by atoms with van der Waals surface area (Å²) in [5.41, 5.74) is 5.64. The number of ether oxygens (including phenoxy) is 1. The minimum Gasteiger partial charge on any atom is -0.469 e. The van der Waals surface area contributed by atoms with Crippen molar-refractivity contribution in [2.24, 2.45) is 16.6 Å². The minimum absolute atomic E-state index is 0.165. The Hall–Kier alpha value is -1.26. The summed E-state index contributed by atoms with van der Waals surface area (Å²) in [5, 5.41) is 3.01. The number of rotatable bonds is 7. The van der Waals surface area contributed by atoms with Gasteiger partial charge >= 0.3 is 5.97 Å². The third-order valence-electron chi connectivity index (χ3n) is 1.97. The third-order valence-corrected chi connectivity index (χ3v) is 1.97. The molecule has 0 atom stereocenters. The monoisotopic (exact) mass is 229 g/mol. The fourth-order valence-electron chi connectivity index (χ4n) is 1.05. The van der Waals surface area contributed by atoms with Crippen LogP contribution in [-0.4, -0.2) is 32.1 Å². The normalized spacial score (nSPS) is 11.6. The summed E-state index contributed by atoms with van der Waals surface area (Å²) in [6, 6.07) is 0. The fraction of sp³-hybridized carbons (Fsp3) is 0.818.